The van der Waals surface area contributed by atoms with Gasteiger partial charge in [0.1, 0.15) is 11.5 Å². The fourth-order valence-electron chi connectivity index (χ4n) is 3.28. The van der Waals surface area contributed by atoms with Crippen molar-refractivity contribution in [2.75, 3.05) is 25.0 Å². The molecule has 1 fully saturated rings. The second-order valence-electron chi connectivity index (χ2n) is 6.30. The van der Waals surface area contributed by atoms with E-state index in [1.165, 1.54) is 28.4 Å². The van der Waals surface area contributed by atoms with Crippen molar-refractivity contribution in [1.29, 1.82) is 0 Å². The molecule has 2 aromatic rings. The normalized spacial score (nSPS) is 16.4. The SMILES string of the molecule is O=C(c1cncc(NCCc2nc3c(s2)CCC3)n1)N1CCCC1. The van der Waals surface area contributed by atoms with Crippen LogP contribution >= 0.6 is 11.3 Å². The van der Waals surface area contributed by atoms with Crippen LogP contribution < -0.4 is 5.32 Å². The van der Waals surface area contributed by atoms with Crippen LogP contribution in [0.4, 0.5) is 5.82 Å². The van der Waals surface area contributed by atoms with Crippen LogP contribution in [0.2, 0.25) is 0 Å². The van der Waals surface area contributed by atoms with E-state index in [0.29, 0.717) is 11.5 Å². The standard InChI is InChI=1S/C17H21N5OS/c23-17(22-8-1-2-9-22)13-10-18-11-15(20-13)19-7-6-16-21-12-4-3-5-14(12)24-16/h10-11H,1-9H2,(H,19,20). The highest BCUT2D eigenvalue weighted by atomic mass is 32.1. The quantitative estimate of drug-likeness (QED) is 0.902. The summed E-state index contributed by atoms with van der Waals surface area (Å²) in [5, 5.41) is 4.45. The van der Waals surface area contributed by atoms with Crippen molar-refractivity contribution in [2.24, 2.45) is 0 Å². The van der Waals surface area contributed by atoms with Gasteiger partial charge in [0.15, 0.2) is 0 Å². The third-order valence-electron chi connectivity index (χ3n) is 4.53. The van der Waals surface area contributed by atoms with Crippen molar-refractivity contribution >= 4 is 23.1 Å². The Balaban J connectivity index is 1.34. The van der Waals surface area contributed by atoms with Gasteiger partial charge in [-0.25, -0.2) is 9.97 Å². The van der Waals surface area contributed by atoms with E-state index in [9.17, 15) is 4.79 Å². The molecule has 0 saturated carbocycles. The second kappa shape index (κ2) is 6.84. The Kier molecular flexibility index (Phi) is 4.42. The highest BCUT2D eigenvalue weighted by Gasteiger charge is 2.21. The van der Waals surface area contributed by atoms with Crippen LogP contribution in [-0.4, -0.2) is 45.4 Å². The van der Waals surface area contributed by atoms with E-state index >= 15 is 0 Å². The lowest BCUT2D eigenvalue weighted by atomic mass is 10.3. The Morgan fingerprint density at radius 3 is 2.88 bits per heavy atom. The van der Waals surface area contributed by atoms with Crippen molar-refractivity contribution in [2.45, 2.75) is 38.5 Å². The molecule has 4 rings (SSSR count). The summed E-state index contributed by atoms with van der Waals surface area (Å²) in [4.78, 5) is 29.0. The molecule has 1 aliphatic heterocycles. The molecule has 126 valence electrons. The molecule has 2 aromatic heterocycles. The molecule has 1 aliphatic carbocycles. The number of aromatic nitrogens is 3. The molecule has 1 N–H and O–H groups in total. The molecule has 0 aromatic carbocycles. The zero-order chi connectivity index (χ0) is 16.4. The minimum Gasteiger partial charge on any atom is -0.368 e. The summed E-state index contributed by atoms with van der Waals surface area (Å²) in [6.45, 7) is 2.40. The molecular weight excluding hydrogens is 322 g/mol. The van der Waals surface area contributed by atoms with E-state index < -0.39 is 0 Å². The van der Waals surface area contributed by atoms with Crippen molar-refractivity contribution in [3.8, 4) is 0 Å². The molecule has 0 unspecified atom stereocenters. The lowest BCUT2D eigenvalue weighted by Gasteiger charge is -2.14. The maximum absolute atomic E-state index is 12.4. The highest BCUT2D eigenvalue weighted by molar-refractivity contribution is 7.11. The van der Waals surface area contributed by atoms with E-state index in [-0.39, 0.29) is 5.91 Å². The number of nitrogens with zero attached hydrogens (tertiary/aromatic N) is 4. The number of hydrogen-bond acceptors (Lipinski definition) is 6. The van der Waals surface area contributed by atoms with Gasteiger partial charge in [0, 0.05) is 30.9 Å². The molecule has 2 aliphatic rings. The van der Waals surface area contributed by atoms with Gasteiger partial charge in [0.05, 0.1) is 23.1 Å². The molecule has 0 spiro atoms. The Labute approximate surface area is 145 Å². The number of nitrogens with one attached hydrogen (secondary N) is 1. The van der Waals surface area contributed by atoms with Crippen LogP contribution in [0.15, 0.2) is 12.4 Å². The average Bonchev–Trinajstić information content (AvgIpc) is 3.31. The Morgan fingerprint density at radius 1 is 1.17 bits per heavy atom. The van der Waals surface area contributed by atoms with Gasteiger partial charge in [-0.1, -0.05) is 0 Å². The maximum Gasteiger partial charge on any atom is 0.274 e. The number of anilines is 1. The number of likely N-dealkylation sites (tertiary alicyclic amines) is 1. The summed E-state index contributed by atoms with van der Waals surface area (Å²) in [5.74, 6) is 0.643. The van der Waals surface area contributed by atoms with E-state index in [4.69, 9.17) is 4.98 Å². The van der Waals surface area contributed by atoms with Gasteiger partial charge in [0.25, 0.3) is 5.91 Å². The van der Waals surface area contributed by atoms with Crippen LogP contribution in [0.3, 0.4) is 0 Å². The van der Waals surface area contributed by atoms with Gasteiger partial charge in [-0.3, -0.25) is 9.78 Å². The molecule has 1 amide bonds. The first kappa shape index (κ1) is 15.5. The number of carbonyl (C=O) groups is 1. The van der Waals surface area contributed by atoms with Crippen LogP contribution in [0, 0.1) is 0 Å². The van der Waals surface area contributed by atoms with Crippen LogP contribution in [0.5, 0.6) is 0 Å². The lowest BCUT2D eigenvalue weighted by Crippen LogP contribution is -2.28. The zero-order valence-corrected chi connectivity index (χ0v) is 14.4. The second-order valence-corrected chi connectivity index (χ2v) is 7.46. The number of thiazole rings is 1. The molecule has 7 heteroatoms. The number of amides is 1. The largest absolute Gasteiger partial charge is 0.368 e. The number of carbonyl (C=O) groups excluding carboxylic acids is 1. The van der Waals surface area contributed by atoms with Gasteiger partial charge in [0.2, 0.25) is 0 Å². The predicted octanol–water partition coefficient (Wildman–Crippen LogP) is 2.31. The van der Waals surface area contributed by atoms with Gasteiger partial charge >= 0.3 is 0 Å². The third-order valence-corrected chi connectivity index (χ3v) is 5.75. The molecule has 24 heavy (non-hydrogen) atoms. The Hall–Kier alpha value is -2.02. The van der Waals surface area contributed by atoms with Gasteiger partial charge in [-0.2, -0.15) is 0 Å². The van der Waals surface area contributed by atoms with Crippen molar-refractivity contribution in [1.82, 2.24) is 19.9 Å². The third kappa shape index (κ3) is 3.26. The van der Waals surface area contributed by atoms with E-state index in [1.807, 2.05) is 16.2 Å². The number of fused-ring (bicyclic) bond motifs is 1. The highest BCUT2D eigenvalue weighted by Crippen LogP contribution is 2.27. The summed E-state index contributed by atoms with van der Waals surface area (Å²) in [6, 6.07) is 0. The first-order valence-corrected chi connectivity index (χ1v) is 9.44. The Morgan fingerprint density at radius 2 is 2.04 bits per heavy atom. The molecule has 0 radical (unpaired) electrons. The smallest absolute Gasteiger partial charge is 0.274 e. The average molecular weight is 343 g/mol. The minimum atomic E-state index is -0.0139. The number of rotatable bonds is 5. The van der Waals surface area contributed by atoms with E-state index in [0.717, 1.165) is 45.3 Å². The summed E-state index contributed by atoms with van der Waals surface area (Å²) >= 11 is 1.83. The summed E-state index contributed by atoms with van der Waals surface area (Å²) in [6.07, 6.45) is 9.82. The summed E-state index contributed by atoms with van der Waals surface area (Å²) in [7, 11) is 0. The minimum absolute atomic E-state index is 0.0139. The van der Waals surface area contributed by atoms with E-state index in [2.05, 4.69) is 15.3 Å². The van der Waals surface area contributed by atoms with Gasteiger partial charge in [-0.15, -0.1) is 11.3 Å². The first-order valence-electron chi connectivity index (χ1n) is 8.62. The molecular formula is C17H21N5OS. The van der Waals surface area contributed by atoms with Gasteiger partial charge in [-0.05, 0) is 32.1 Å². The monoisotopic (exact) mass is 343 g/mol. The Bertz CT molecular complexity index is 717. The van der Waals surface area contributed by atoms with Crippen molar-refractivity contribution < 1.29 is 4.79 Å². The lowest BCUT2D eigenvalue weighted by molar-refractivity contribution is 0.0786. The van der Waals surface area contributed by atoms with Gasteiger partial charge < -0.3 is 10.2 Å². The molecule has 1 saturated heterocycles. The first-order chi connectivity index (χ1) is 11.8. The number of aryl methyl sites for hydroxylation is 2. The zero-order valence-electron chi connectivity index (χ0n) is 13.6. The molecule has 0 bridgehead atoms. The van der Waals surface area contributed by atoms with Crippen LogP contribution in [-0.2, 0) is 19.3 Å². The van der Waals surface area contributed by atoms with Crippen LogP contribution in [0.1, 0.15) is 45.3 Å². The van der Waals surface area contributed by atoms with E-state index in [1.54, 1.807) is 12.4 Å². The van der Waals surface area contributed by atoms with Crippen molar-refractivity contribution in [3.63, 3.8) is 0 Å². The molecule has 0 atom stereocenters. The van der Waals surface area contributed by atoms with Crippen LogP contribution in [0.25, 0.3) is 0 Å². The topological polar surface area (TPSA) is 71.0 Å². The summed E-state index contributed by atoms with van der Waals surface area (Å²) in [5.41, 5.74) is 1.73. The van der Waals surface area contributed by atoms with Crippen molar-refractivity contribution in [3.05, 3.63) is 33.7 Å². The fourth-order valence-corrected chi connectivity index (χ4v) is 4.44. The molecule has 6 nitrogen and oxygen atoms in total. The summed E-state index contributed by atoms with van der Waals surface area (Å²) < 4.78 is 0. The predicted molar refractivity (Wildman–Crippen MR) is 93.5 cm³/mol. The fraction of sp³-hybridized carbons (Fsp3) is 0.529. The number of hydrogen-bond donors (Lipinski definition) is 1. The molecule has 3 heterocycles. The maximum atomic E-state index is 12.4.